The first-order valence-corrected chi connectivity index (χ1v) is 5.38. The van der Waals surface area contributed by atoms with Crippen molar-refractivity contribution in [3.05, 3.63) is 59.7 Å². The molecule has 1 aromatic heterocycles. The Labute approximate surface area is 110 Å². The SMILES string of the molecule is O=C(c1ccccn1)c1cc(F)ccc1OC(F)(F)F. The highest BCUT2D eigenvalue weighted by molar-refractivity contribution is 6.09. The molecule has 2 rings (SSSR count). The Morgan fingerprint density at radius 1 is 1.15 bits per heavy atom. The summed E-state index contributed by atoms with van der Waals surface area (Å²) in [5, 5.41) is 0. The van der Waals surface area contributed by atoms with Gasteiger partial charge in [0.05, 0.1) is 5.56 Å². The number of carbonyl (C=O) groups is 1. The lowest BCUT2D eigenvalue weighted by molar-refractivity contribution is -0.274. The van der Waals surface area contributed by atoms with Crippen molar-refractivity contribution in [1.82, 2.24) is 4.98 Å². The molecule has 0 amide bonds. The second kappa shape index (κ2) is 5.28. The number of pyridine rings is 1. The molecule has 3 nitrogen and oxygen atoms in total. The van der Waals surface area contributed by atoms with Crippen LogP contribution in [0, 0.1) is 5.82 Å². The van der Waals surface area contributed by atoms with Crippen LogP contribution in [0.3, 0.4) is 0 Å². The third-order valence-corrected chi connectivity index (χ3v) is 2.31. The maximum atomic E-state index is 13.1. The van der Waals surface area contributed by atoms with Gasteiger partial charge in [-0.25, -0.2) is 4.39 Å². The highest BCUT2D eigenvalue weighted by Crippen LogP contribution is 2.28. The minimum atomic E-state index is -4.98. The van der Waals surface area contributed by atoms with Gasteiger partial charge in [-0.05, 0) is 30.3 Å². The molecule has 0 aliphatic carbocycles. The number of carbonyl (C=O) groups excluding carboxylic acids is 1. The van der Waals surface area contributed by atoms with Gasteiger partial charge < -0.3 is 4.74 Å². The van der Waals surface area contributed by atoms with Crippen LogP contribution < -0.4 is 4.74 Å². The van der Waals surface area contributed by atoms with Crippen molar-refractivity contribution >= 4 is 5.78 Å². The van der Waals surface area contributed by atoms with Crippen molar-refractivity contribution in [2.24, 2.45) is 0 Å². The van der Waals surface area contributed by atoms with E-state index in [-0.39, 0.29) is 5.69 Å². The highest BCUT2D eigenvalue weighted by Gasteiger charge is 2.33. The van der Waals surface area contributed by atoms with Gasteiger partial charge in [0, 0.05) is 6.20 Å². The molecule has 1 heterocycles. The zero-order chi connectivity index (χ0) is 14.8. The molecule has 0 unspecified atom stereocenters. The third-order valence-electron chi connectivity index (χ3n) is 2.31. The molecule has 0 N–H and O–H groups in total. The summed E-state index contributed by atoms with van der Waals surface area (Å²) < 4.78 is 53.6. The van der Waals surface area contributed by atoms with E-state index in [1.54, 1.807) is 0 Å². The van der Waals surface area contributed by atoms with Gasteiger partial charge in [0.1, 0.15) is 17.3 Å². The van der Waals surface area contributed by atoms with Crippen molar-refractivity contribution in [3.8, 4) is 5.75 Å². The Morgan fingerprint density at radius 3 is 2.50 bits per heavy atom. The van der Waals surface area contributed by atoms with Crippen LogP contribution in [-0.4, -0.2) is 17.1 Å². The number of hydrogen-bond acceptors (Lipinski definition) is 3. The largest absolute Gasteiger partial charge is 0.573 e. The fourth-order valence-corrected chi connectivity index (χ4v) is 1.53. The molecular weight excluding hydrogens is 278 g/mol. The van der Waals surface area contributed by atoms with Crippen LogP contribution in [0.4, 0.5) is 17.6 Å². The van der Waals surface area contributed by atoms with E-state index in [1.807, 2.05) is 0 Å². The van der Waals surface area contributed by atoms with Crippen molar-refractivity contribution in [2.45, 2.75) is 6.36 Å². The van der Waals surface area contributed by atoms with E-state index in [2.05, 4.69) is 9.72 Å². The van der Waals surface area contributed by atoms with Gasteiger partial charge in [-0.15, -0.1) is 13.2 Å². The summed E-state index contributed by atoms with van der Waals surface area (Å²) in [5.41, 5.74) is -0.647. The first kappa shape index (κ1) is 14.0. The second-order valence-corrected chi connectivity index (χ2v) is 3.73. The van der Waals surface area contributed by atoms with Gasteiger partial charge in [0.15, 0.2) is 0 Å². The quantitative estimate of drug-likeness (QED) is 0.641. The van der Waals surface area contributed by atoms with Gasteiger partial charge in [0.25, 0.3) is 0 Å². The predicted molar refractivity (Wildman–Crippen MR) is 60.8 cm³/mol. The first-order chi connectivity index (χ1) is 9.37. The van der Waals surface area contributed by atoms with Crippen LogP contribution >= 0.6 is 0 Å². The molecule has 0 fully saturated rings. The van der Waals surface area contributed by atoms with Gasteiger partial charge in [-0.2, -0.15) is 0 Å². The summed E-state index contributed by atoms with van der Waals surface area (Å²) in [4.78, 5) is 15.7. The molecule has 7 heteroatoms. The molecule has 0 aliphatic rings. The van der Waals surface area contributed by atoms with E-state index in [0.717, 1.165) is 12.1 Å². The molecule has 0 aliphatic heterocycles. The molecule has 0 atom stereocenters. The first-order valence-electron chi connectivity index (χ1n) is 5.38. The Hall–Kier alpha value is -2.44. The molecule has 0 saturated carbocycles. The fraction of sp³-hybridized carbons (Fsp3) is 0.0769. The van der Waals surface area contributed by atoms with Crippen molar-refractivity contribution in [2.75, 3.05) is 0 Å². The van der Waals surface area contributed by atoms with Crippen LogP contribution in [0.1, 0.15) is 16.1 Å². The van der Waals surface area contributed by atoms with Crippen LogP contribution in [0.5, 0.6) is 5.75 Å². The predicted octanol–water partition coefficient (Wildman–Crippen LogP) is 3.35. The summed E-state index contributed by atoms with van der Waals surface area (Å²) in [7, 11) is 0. The van der Waals surface area contributed by atoms with E-state index in [0.29, 0.717) is 6.07 Å². The topological polar surface area (TPSA) is 39.2 Å². The number of aromatic nitrogens is 1. The summed E-state index contributed by atoms with van der Waals surface area (Å²) >= 11 is 0. The average Bonchev–Trinajstić information content (AvgIpc) is 2.39. The summed E-state index contributed by atoms with van der Waals surface area (Å²) in [5.74, 6) is -2.47. The maximum absolute atomic E-state index is 13.1. The Morgan fingerprint density at radius 2 is 1.90 bits per heavy atom. The lowest BCUT2D eigenvalue weighted by Gasteiger charge is -2.12. The number of hydrogen-bond donors (Lipinski definition) is 0. The van der Waals surface area contributed by atoms with Crippen molar-refractivity contribution in [1.29, 1.82) is 0 Å². The fourth-order valence-electron chi connectivity index (χ4n) is 1.53. The number of nitrogens with zero attached hydrogens (tertiary/aromatic N) is 1. The lowest BCUT2D eigenvalue weighted by atomic mass is 10.1. The minimum absolute atomic E-state index is 0.106. The van der Waals surface area contributed by atoms with Gasteiger partial charge in [-0.3, -0.25) is 9.78 Å². The van der Waals surface area contributed by atoms with Crippen molar-refractivity contribution in [3.63, 3.8) is 0 Å². The summed E-state index contributed by atoms with van der Waals surface area (Å²) in [6.07, 6.45) is -3.67. The standard InChI is InChI=1S/C13H7F4NO2/c14-8-4-5-11(20-13(15,16)17)9(7-8)12(19)10-3-1-2-6-18-10/h1-7H. The van der Waals surface area contributed by atoms with E-state index in [9.17, 15) is 22.4 Å². The van der Waals surface area contributed by atoms with Gasteiger partial charge in [0.2, 0.25) is 5.78 Å². The normalized spacial score (nSPS) is 11.2. The minimum Gasteiger partial charge on any atom is -0.405 e. The lowest BCUT2D eigenvalue weighted by Crippen LogP contribution is -2.19. The highest BCUT2D eigenvalue weighted by atomic mass is 19.4. The number of benzene rings is 1. The summed E-state index contributed by atoms with van der Waals surface area (Å²) in [6.45, 7) is 0. The molecule has 1 aromatic carbocycles. The average molecular weight is 285 g/mol. The third kappa shape index (κ3) is 3.31. The van der Waals surface area contributed by atoms with Crippen molar-refractivity contribution < 1.29 is 27.1 Å². The molecule has 0 radical (unpaired) electrons. The molecule has 20 heavy (non-hydrogen) atoms. The van der Waals surface area contributed by atoms with Crippen LogP contribution in [0.2, 0.25) is 0 Å². The maximum Gasteiger partial charge on any atom is 0.573 e. The van der Waals surface area contributed by atoms with E-state index >= 15 is 0 Å². The summed E-state index contributed by atoms with van der Waals surface area (Å²) in [6, 6.07) is 6.54. The Kier molecular flexibility index (Phi) is 3.69. The number of ketones is 1. The number of ether oxygens (including phenoxy) is 1. The molecule has 104 valence electrons. The monoisotopic (exact) mass is 285 g/mol. The van der Waals surface area contributed by atoms with Crippen LogP contribution in [-0.2, 0) is 0 Å². The second-order valence-electron chi connectivity index (χ2n) is 3.73. The Bertz CT molecular complexity index is 626. The molecule has 0 saturated heterocycles. The van der Waals surface area contributed by atoms with Gasteiger partial charge >= 0.3 is 6.36 Å². The van der Waals surface area contributed by atoms with Crippen LogP contribution in [0.15, 0.2) is 42.6 Å². The zero-order valence-electron chi connectivity index (χ0n) is 9.82. The van der Waals surface area contributed by atoms with Gasteiger partial charge in [-0.1, -0.05) is 6.07 Å². The Balaban J connectivity index is 2.44. The van der Waals surface area contributed by atoms with Crippen LogP contribution in [0.25, 0.3) is 0 Å². The van der Waals surface area contributed by atoms with E-state index in [4.69, 9.17) is 0 Å². The number of alkyl halides is 3. The number of rotatable bonds is 3. The smallest absolute Gasteiger partial charge is 0.405 e. The zero-order valence-corrected chi connectivity index (χ0v) is 9.82. The molecular formula is C13H7F4NO2. The van der Waals surface area contributed by atoms with E-state index < -0.39 is 29.3 Å². The molecule has 2 aromatic rings. The number of halogens is 4. The van der Waals surface area contributed by atoms with E-state index in [1.165, 1.54) is 24.4 Å². The molecule has 0 bridgehead atoms. The molecule has 0 spiro atoms.